The number of Topliss-reactive ketones (excluding diaryl/α,β-unsaturated/α-hetero) is 1. The van der Waals surface area contributed by atoms with Crippen LogP contribution in [0.3, 0.4) is 0 Å². The van der Waals surface area contributed by atoms with Gasteiger partial charge in [-0.1, -0.05) is 25.6 Å². The molecule has 0 aromatic carbocycles. The first kappa shape index (κ1) is 23.1. The predicted molar refractivity (Wildman–Crippen MR) is 91.7 cm³/mol. The number of hydrogen-bond donors (Lipinski definition) is 1. The minimum atomic E-state index is -1.05. The van der Waals surface area contributed by atoms with Crippen LogP contribution in [-0.4, -0.2) is 53.8 Å². The summed E-state index contributed by atoms with van der Waals surface area (Å²) in [6, 6.07) is -1.05. The topological polar surface area (TPSA) is 116 Å². The zero-order valence-electron chi connectivity index (χ0n) is 15.0. The minimum absolute atomic E-state index is 0.111. The Balaban J connectivity index is 4.71. The summed E-state index contributed by atoms with van der Waals surface area (Å²) in [5, 5.41) is 1.64. The number of esters is 2. The van der Waals surface area contributed by atoms with Crippen LogP contribution >= 0.6 is 11.8 Å². The Labute approximate surface area is 151 Å². The lowest BCUT2D eigenvalue weighted by Gasteiger charge is -2.18. The standard InChI is InChI=1S/C16H25NO7S/c1-5-10(4)14(20)17-11(15(21)24-7-3)9-25-16(22)12(18)8-13(19)23-6-2/h10-11H,5-9H2,1-4H3,(H,17,20). The molecule has 0 fully saturated rings. The number of carbonyl (C=O) groups is 5. The Hall–Kier alpha value is -1.90. The first-order valence-corrected chi connectivity index (χ1v) is 9.07. The Morgan fingerprint density at radius 2 is 1.60 bits per heavy atom. The van der Waals surface area contributed by atoms with E-state index >= 15 is 0 Å². The van der Waals surface area contributed by atoms with Crippen LogP contribution < -0.4 is 5.32 Å². The van der Waals surface area contributed by atoms with Crippen LogP contribution in [0.25, 0.3) is 0 Å². The molecule has 0 spiro atoms. The highest BCUT2D eigenvalue weighted by atomic mass is 32.2. The Kier molecular flexibility index (Phi) is 11.5. The molecule has 8 nitrogen and oxygen atoms in total. The van der Waals surface area contributed by atoms with Crippen LogP contribution in [0.4, 0.5) is 0 Å². The van der Waals surface area contributed by atoms with Crippen LogP contribution in [0.2, 0.25) is 0 Å². The van der Waals surface area contributed by atoms with E-state index in [1.54, 1.807) is 20.8 Å². The van der Waals surface area contributed by atoms with Gasteiger partial charge in [-0.3, -0.25) is 19.2 Å². The molecule has 0 saturated carbocycles. The molecule has 0 aliphatic rings. The van der Waals surface area contributed by atoms with Crippen molar-refractivity contribution in [1.82, 2.24) is 5.32 Å². The lowest BCUT2D eigenvalue weighted by atomic mass is 10.1. The van der Waals surface area contributed by atoms with E-state index in [1.165, 1.54) is 0 Å². The summed E-state index contributed by atoms with van der Waals surface area (Å²) in [4.78, 5) is 58.5. The lowest BCUT2D eigenvalue weighted by molar-refractivity contribution is -0.148. The van der Waals surface area contributed by atoms with Crippen LogP contribution in [0.1, 0.15) is 40.5 Å². The summed E-state index contributed by atoms with van der Waals surface area (Å²) in [5.74, 6) is -3.19. The van der Waals surface area contributed by atoms with Crippen molar-refractivity contribution in [3.8, 4) is 0 Å². The van der Waals surface area contributed by atoms with Gasteiger partial charge >= 0.3 is 11.9 Å². The van der Waals surface area contributed by atoms with E-state index < -0.39 is 35.3 Å². The summed E-state index contributed by atoms with van der Waals surface area (Å²) in [7, 11) is 0. The van der Waals surface area contributed by atoms with Gasteiger partial charge in [-0.2, -0.15) is 0 Å². The highest BCUT2D eigenvalue weighted by Crippen LogP contribution is 2.10. The van der Waals surface area contributed by atoms with Crippen LogP contribution in [-0.2, 0) is 33.4 Å². The SMILES string of the molecule is CCOC(=O)CC(=O)C(=O)SCC(NC(=O)C(C)CC)C(=O)OCC. The molecule has 2 unspecified atom stereocenters. The molecule has 9 heteroatoms. The number of ketones is 1. The molecule has 25 heavy (non-hydrogen) atoms. The molecular weight excluding hydrogens is 350 g/mol. The fraction of sp³-hybridized carbons (Fsp3) is 0.688. The van der Waals surface area contributed by atoms with Crippen molar-refractivity contribution in [2.75, 3.05) is 19.0 Å². The molecule has 0 aliphatic heterocycles. The van der Waals surface area contributed by atoms with E-state index in [0.29, 0.717) is 18.2 Å². The second-order valence-corrected chi connectivity index (χ2v) is 6.12. The van der Waals surface area contributed by atoms with E-state index in [2.05, 4.69) is 10.1 Å². The zero-order chi connectivity index (χ0) is 19.4. The highest BCUT2D eigenvalue weighted by molar-refractivity contribution is 8.15. The maximum absolute atomic E-state index is 11.9. The van der Waals surface area contributed by atoms with Crippen molar-refractivity contribution >= 4 is 40.5 Å². The molecule has 0 bridgehead atoms. The average molecular weight is 375 g/mol. The van der Waals surface area contributed by atoms with Crippen molar-refractivity contribution in [2.45, 2.75) is 46.6 Å². The summed E-state index contributed by atoms with van der Waals surface area (Å²) < 4.78 is 9.47. The predicted octanol–water partition coefficient (Wildman–Crippen LogP) is 0.862. The second-order valence-electron chi connectivity index (χ2n) is 5.13. The third kappa shape index (κ3) is 9.23. The van der Waals surface area contributed by atoms with Gasteiger partial charge in [0.25, 0.3) is 5.12 Å². The van der Waals surface area contributed by atoms with Crippen molar-refractivity contribution in [3.63, 3.8) is 0 Å². The fourth-order valence-electron chi connectivity index (χ4n) is 1.57. The highest BCUT2D eigenvalue weighted by Gasteiger charge is 2.27. The molecule has 0 aromatic heterocycles. The third-order valence-corrected chi connectivity index (χ3v) is 4.16. The summed E-state index contributed by atoms with van der Waals surface area (Å²) in [6.45, 7) is 6.97. The van der Waals surface area contributed by atoms with Gasteiger partial charge < -0.3 is 14.8 Å². The van der Waals surface area contributed by atoms with Gasteiger partial charge in [0.2, 0.25) is 11.7 Å². The van der Waals surface area contributed by atoms with Crippen LogP contribution in [0.15, 0.2) is 0 Å². The van der Waals surface area contributed by atoms with Crippen molar-refractivity contribution in [1.29, 1.82) is 0 Å². The molecular formula is C16H25NO7S. The molecule has 0 aliphatic carbocycles. The van der Waals surface area contributed by atoms with Crippen molar-refractivity contribution < 1.29 is 33.4 Å². The maximum Gasteiger partial charge on any atom is 0.329 e. The monoisotopic (exact) mass is 375 g/mol. The van der Waals surface area contributed by atoms with Gasteiger partial charge in [0, 0.05) is 11.7 Å². The van der Waals surface area contributed by atoms with Crippen molar-refractivity contribution in [3.05, 3.63) is 0 Å². The smallest absolute Gasteiger partial charge is 0.329 e. The number of hydrogen-bond acceptors (Lipinski definition) is 8. The van der Waals surface area contributed by atoms with Gasteiger partial charge in [-0.25, -0.2) is 4.79 Å². The van der Waals surface area contributed by atoms with E-state index in [-0.39, 0.29) is 30.8 Å². The van der Waals surface area contributed by atoms with Gasteiger partial charge in [0.1, 0.15) is 12.5 Å². The lowest BCUT2D eigenvalue weighted by Crippen LogP contribution is -2.45. The molecule has 1 amide bonds. The van der Waals surface area contributed by atoms with E-state index in [0.717, 1.165) is 0 Å². The van der Waals surface area contributed by atoms with Crippen LogP contribution in [0, 0.1) is 5.92 Å². The number of nitrogens with one attached hydrogen (secondary N) is 1. The third-order valence-electron chi connectivity index (χ3n) is 3.17. The maximum atomic E-state index is 11.9. The molecule has 0 saturated heterocycles. The molecule has 0 aromatic rings. The fourth-order valence-corrected chi connectivity index (χ4v) is 2.34. The van der Waals surface area contributed by atoms with Gasteiger partial charge in [-0.05, 0) is 20.3 Å². The number of ether oxygens (including phenoxy) is 2. The Morgan fingerprint density at radius 1 is 1.00 bits per heavy atom. The average Bonchev–Trinajstić information content (AvgIpc) is 2.57. The van der Waals surface area contributed by atoms with Crippen molar-refractivity contribution in [2.24, 2.45) is 5.92 Å². The largest absolute Gasteiger partial charge is 0.466 e. The molecule has 2 atom stereocenters. The van der Waals surface area contributed by atoms with Crippen LogP contribution in [0.5, 0.6) is 0 Å². The molecule has 0 radical (unpaired) electrons. The first-order chi connectivity index (χ1) is 11.8. The Bertz CT molecular complexity index is 507. The molecule has 0 heterocycles. The Morgan fingerprint density at radius 3 is 2.12 bits per heavy atom. The van der Waals surface area contributed by atoms with E-state index in [1.807, 2.05) is 6.92 Å². The summed E-state index contributed by atoms with van der Waals surface area (Å²) >= 11 is 0.556. The number of thioether (sulfide) groups is 1. The van der Waals surface area contributed by atoms with Gasteiger partial charge in [0.15, 0.2) is 0 Å². The normalized spacial score (nSPS) is 12.6. The molecule has 1 N–H and O–H groups in total. The molecule has 142 valence electrons. The second kappa shape index (κ2) is 12.5. The number of carbonyl (C=O) groups excluding carboxylic acids is 5. The van der Waals surface area contributed by atoms with Gasteiger partial charge in [0.05, 0.1) is 13.2 Å². The van der Waals surface area contributed by atoms with E-state index in [9.17, 15) is 24.0 Å². The van der Waals surface area contributed by atoms with E-state index in [4.69, 9.17) is 4.74 Å². The summed E-state index contributed by atoms with van der Waals surface area (Å²) in [5.41, 5.74) is 0. The first-order valence-electron chi connectivity index (χ1n) is 8.09. The minimum Gasteiger partial charge on any atom is -0.466 e. The quantitative estimate of drug-likeness (QED) is 0.321. The number of rotatable bonds is 11. The number of amides is 1. The molecule has 0 rings (SSSR count). The zero-order valence-corrected chi connectivity index (χ0v) is 15.8. The van der Waals surface area contributed by atoms with Gasteiger partial charge in [-0.15, -0.1) is 0 Å². The summed E-state index contributed by atoms with van der Waals surface area (Å²) in [6.07, 6.45) is -0.0611.